The summed E-state index contributed by atoms with van der Waals surface area (Å²) in [5.41, 5.74) is 1.77. The Bertz CT molecular complexity index is 737. The molecule has 1 aliphatic rings. The number of anilines is 2. The number of hydrogen-bond donors (Lipinski definition) is 2. The molecule has 0 atom stereocenters. The first kappa shape index (κ1) is 19.3. The van der Waals surface area contributed by atoms with Crippen LogP contribution >= 0.6 is 11.6 Å². The summed E-state index contributed by atoms with van der Waals surface area (Å²) in [5.74, 6) is 0.693. The van der Waals surface area contributed by atoms with Crippen molar-refractivity contribution in [1.29, 1.82) is 0 Å². The molecule has 0 radical (unpaired) electrons. The molecule has 1 saturated heterocycles. The van der Waals surface area contributed by atoms with Crippen LogP contribution in [0.3, 0.4) is 0 Å². The van der Waals surface area contributed by atoms with E-state index in [1.807, 2.05) is 48.5 Å². The Hall–Kier alpha value is -2.44. The van der Waals surface area contributed by atoms with Crippen molar-refractivity contribution < 1.29 is 14.3 Å². The first-order valence-corrected chi connectivity index (χ1v) is 9.41. The highest BCUT2D eigenvalue weighted by Gasteiger charge is 2.18. The minimum Gasteiger partial charge on any atom is -0.492 e. The number of hydrogen-bond acceptors (Lipinski definition) is 5. The van der Waals surface area contributed by atoms with Crippen LogP contribution in [0.5, 0.6) is 5.75 Å². The summed E-state index contributed by atoms with van der Waals surface area (Å²) in [6.45, 7) is 3.94. The van der Waals surface area contributed by atoms with Gasteiger partial charge in [0.05, 0.1) is 42.7 Å². The minimum atomic E-state index is -0.0976. The lowest BCUT2D eigenvalue weighted by molar-refractivity contribution is -0.119. The van der Waals surface area contributed by atoms with Crippen LogP contribution in [0.15, 0.2) is 48.5 Å². The molecule has 144 valence electrons. The van der Waals surface area contributed by atoms with Gasteiger partial charge in [0, 0.05) is 13.1 Å². The Morgan fingerprint density at radius 1 is 1.11 bits per heavy atom. The summed E-state index contributed by atoms with van der Waals surface area (Å²) in [4.78, 5) is 14.3. The number of amides is 1. The van der Waals surface area contributed by atoms with E-state index in [1.54, 1.807) is 0 Å². The summed E-state index contributed by atoms with van der Waals surface area (Å²) in [6.07, 6.45) is 0. The van der Waals surface area contributed by atoms with Gasteiger partial charge >= 0.3 is 0 Å². The third-order valence-electron chi connectivity index (χ3n) is 4.19. The zero-order valence-corrected chi connectivity index (χ0v) is 15.9. The van der Waals surface area contributed by atoms with E-state index in [-0.39, 0.29) is 12.5 Å². The van der Waals surface area contributed by atoms with Gasteiger partial charge in [-0.05, 0) is 24.3 Å². The average molecular weight is 390 g/mol. The van der Waals surface area contributed by atoms with E-state index in [4.69, 9.17) is 21.1 Å². The second-order valence-electron chi connectivity index (χ2n) is 6.10. The molecule has 1 aliphatic heterocycles. The van der Waals surface area contributed by atoms with Gasteiger partial charge in [0.2, 0.25) is 5.91 Å². The molecule has 7 heteroatoms. The Labute approximate surface area is 164 Å². The molecule has 0 saturated carbocycles. The van der Waals surface area contributed by atoms with Gasteiger partial charge in [-0.25, -0.2) is 0 Å². The lowest BCUT2D eigenvalue weighted by Crippen LogP contribution is -2.37. The standard InChI is InChI=1S/C20H24ClN3O3/c21-17-7-4-8-18(20(17)24-10-13-26-14-11-24)23-15-19(25)22-9-12-27-16-5-2-1-3-6-16/h1-8,23H,9-15H2,(H,22,25). The quantitative estimate of drug-likeness (QED) is 0.680. The number of ether oxygens (including phenoxy) is 2. The maximum absolute atomic E-state index is 12.1. The van der Waals surface area contributed by atoms with Crippen LogP contribution in [-0.4, -0.2) is 51.9 Å². The van der Waals surface area contributed by atoms with E-state index in [9.17, 15) is 4.79 Å². The maximum atomic E-state index is 12.1. The number of nitrogens with zero attached hydrogens (tertiary/aromatic N) is 1. The molecule has 0 aromatic heterocycles. The monoisotopic (exact) mass is 389 g/mol. The van der Waals surface area contributed by atoms with E-state index in [0.717, 1.165) is 30.2 Å². The molecule has 0 spiro atoms. The molecule has 1 heterocycles. The lowest BCUT2D eigenvalue weighted by atomic mass is 10.2. The van der Waals surface area contributed by atoms with Crippen LogP contribution in [0.1, 0.15) is 0 Å². The number of para-hydroxylation sites is 2. The second kappa shape index (κ2) is 10.0. The van der Waals surface area contributed by atoms with Crippen molar-refractivity contribution in [1.82, 2.24) is 5.32 Å². The molecule has 3 rings (SSSR count). The van der Waals surface area contributed by atoms with Gasteiger partial charge in [-0.2, -0.15) is 0 Å². The highest BCUT2D eigenvalue weighted by Crippen LogP contribution is 2.34. The minimum absolute atomic E-state index is 0.0976. The van der Waals surface area contributed by atoms with Crippen molar-refractivity contribution in [2.45, 2.75) is 0 Å². The van der Waals surface area contributed by atoms with Gasteiger partial charge in [0.1, 0.15) is 12.4 Å². The van der Waals surface area contributed by atoms with Gasteiger partial charge in [-0.3, -0.25) is 4.79 Å². The van der Waals surface area contributed by atoms with Gasteiger partial charge in [0.25, 0.3) is 0 Å². The smallest absolute Gasteiger partial charge is 0.239 e. The number of morpholine rings is 1. The Morgan fingerprint density at radius 3 is 2.67 bits per heavy atom. The third kappa shape index (κ3) is 5.77. The highest BCUT2D eigenvalue weighted by molar-refractivity contribution is 6.34. The molecular weight excluding hydrogens is 366 g/mol. The normalized spacial score (nSPS) is 13.9. The molecule has 0 bridgehead atoms. The summed E-state index contributed by atoms with van der Waals surface area (Å²) >= 11 is 6.40. The summed E-state index contributed by atoms with van der Waals surface area (Å²) in [7, 11) is 0. The van der Waals surface area contributed by atoms with Crippen molar-refractivity contribution in [2.75, 3.05) is 56.2 Å². The van der Waals surface area contributed by atoms with E-state index < -0.39 is 0 Å². The van der Waals surface area contributed by atoms with Gasteiger partial charge in [0.15, 0.2) is 0 Å². The topological polar surface area (TPSA) is 62.8 Å². The zero-order valence-electron chi connectivity index (χ0n) is 15.1. The second-order valence-corrected chi connectivity index (χ2v) is 6.51. The third-order valence-corrected chi connectivity index (χ3v) is 4.49. The van der Waals surface area contributed by atoms with E-state index in [2.05, 4.69) is 15.5 Å². The number of nitrogens with one attached hydrogen (secondary N) is 2. The van der Waals surface area contributed by atoms with Crippen LogP contribution < -0.4 is 20.3 Å². The van der Waals surface area contributed by atoms with Gasteiger partial charge in [-0.1, -0.05) is 35.9 Å². The van der Waals surface area contributed by atoms with Gasteiger partial charge < -0.3 is 25.0 Å². The Kier molecular flexibility index (Phi) is 7.19. The SMILES string of the molecule is O=C(CNc1cccc(Cl)c1N1CCOCC1)NCCOc1ccccc1. The van der Waals surface area contributed by atoms with Crippen molar-refractivity contribution in [3.05, 3.63) is 53.6 Å². The maximum Gasteiger partial charge on any atom is 0.239 e. The van der Waals surface area contributed by atoms with Crippen LogP contribution in [0, 0.1) is 0 Å². The highest BCUT2D eigenvalue weighted by atomic mass is 35.5. The molecule has 6 nitrogen and oxygen atoms in total. The molecule has 1 fully saturated rings. The molecule has 2 aromatic carbocycles. The molecule has 0 aliphatic carbocycles. The van der Waals surface area contributed by atoms with E-state index in [0.29, 0.717) is 31.4 Å². The molecule has 0 unspecified atom stereocenters. The zero-order chi connectivity index (χ0) is 18.9. The fraction of sp³-hybridized carbons (Fsp3) is 0.350. The summed E-state index contributed by atoms with van der Waals surface area (Å²) in [5, 5.41) is 6.70. The first-order chi connectivity index (χ1) is 13.2. The predicted octanol–water partition coefficient (Wildman–Crippen LogP) is 2.78. The van der Waals surface area contributed by atoms with Crippen LogP contribution in [-0.2, 0) is 9.53 Å². The fourth-order valence-corrected chi connectivity index (χ4v) is 3.17. The van der Waals surface area contributed by atoms with Gasteiger partial charge in [-0.15, -0.1) is 0 Å². The number of benzene rings is 2. The number of rotatable bonds is 8. The molecule has 27 heavy (non-hydrogen) atoms. The number of halogens is 1. The van der Waals surface area contributed by atoms with Crippen LogP contribution in [0.25, 0.3) is 0 Å². The van der Waals surface area contributed by atoms with Crippen molar-refractivity contribution >= 4 is 28.9 Å². The first-order valence-electron chi connectivity index (χ1n) is 9.03. The van der Waals surface area contributed by atoms with E-state index >= 15 is 0 Å². The predicted molar refractivity (Wildman–Crippen MR) is 108 cm³/mol. The molecular formula is C20H24ClN3O3. The average Bonchev–Trinajstić information content (AvgIpc) is 2.71. The molecule has 2 N–H and O–H groups in total. The summed E-state index contributed by atoms with van der Waals surface area (Å²) in [6, 6.07) is 15.2. The number of carbonyl (C=O) groups excluding carboxylic acids is 1. The van der Waals surface area contributed by atoms with Crippen molar-refractivity contribution in [2.24, 2.45) is 0 Å². The molecule has 2 aromatic rings. The van der Waals surface area contributed by atoms with Crippen LogP contribution in [0.2, 0.25) is 5.02 Å². The van der Waals surface area contributed by atoms with Crippen LogP contribution in [0.4, 0.5) is 11.4 Å². The van der Waals surface area contributed by atoms with Crippen molar-refractivity contribution in [3.63, 3.8) is 0 Å². The largest absolute Gasteiger partial charge is 0.492 e. The van der Waals surface area contributed by atoms with Crippen molar-refractivity contribution in [3.8, 4) is 5.75 Å². The summed E-state index contributed by atoms with van der Waals surface area (Å²) < 4.78 is 11.0. The Balaban J connectivity index is 1.46. The van der Waals surface area contributed by atoms with E-state index in [1.165, 1.54) is 0 Å². The fourth-order valence-electron chi connectivity index (χ4n) is 2.88. The number of carbonyl (C=O) groups is 1. The molecule has 1 amide bonds. The Morgan fingerprint density at radius 2 is 1.89 bits per heavy atom. The lowest BCUT2D eigenvalue weighted by Gasteiger charge is -2.31.